The molecule has 0 saturated carbocycles. The normalized spacial score (nSPS) is 16.4. The van der Waals surface area contributed by atoms with Crippen LogP contribution in [-0.2, 0) is 16.6 Å². The SMILES string of the molecule is Cc1ccc(C(=O)NCc2ccccn2)cc1N1CCCCS1(=O)=O. The summed E-state index contributed by atoms with van der Waals surface area (Å²) in [6, 6.07) is 10.7. The van der Waals surface area contributed by atoms with Crippen molar-refractivity contribution < 1.29 is 13.2 Å². The van der Waals surface area contributed by atoms with Crippen molar-refractivity contribution in [2.75, 3.05) is 16.6 Å². The van der Waals surface area contributed by atoms with E-state index in [1.54, 1.807) is 24.4 Å². The van der Waals surface area contributed by atoms with Crippen molar-refractivity contribution in [3.05, 3.63) is 59.4 Å². The topological polar surface area (TPSA) is 79.4 Å². The van der Waals surface area contributed by atoms with Gasteiger partial charge in [0.2, 0.25) is 10.0 Å². The average Bonchev–Trinajstić information content (AvgIpc) is 2.61. The lowest BCUT2D eigenvalue weighted by Gasteiger charge is -2.29. The summed E-state index contributed by atoms with van der Waals surface area (Å²) in [6.45, 7) is 2.64. The zero-order valence-electron chi connectivity index (χ0n) is 14.1. The Morgan fingerprint density at radius 2 is 2.08 bits per heavy atom. The molecule has 1 fully saturated rings. The molecule has 1 aromatic carbocycles. The van der Waals surface area contributed by atoms with Gasteiger partial charge in [0, 0.05) is 18.3 Å². The van der Waals surface area contributed by atoms with E-state index in [4.69, 9.17) is 0 Å². The molecule has 1 saturated heterocycles. The molecule has 0 unspecified atom stereocenters. The predicted molar refractivity (Wildman–Crippen MR) is 97.0 cm³/mol. The molecule has 0 atom stereocenters. The number of pyridine rings is 1. The Kier molecular flexibility index (Phi) is 5.03. The van der Waals surface area contributed by atoms with Gasteiger partial charge in [-0.3, -0.25) is 14.1 Å². The lowest BCUT2D eigenvalue weighted by Crippen LogP contribution is -2.38. The van der Waals surface area contributed by atoms with Crippen molar-refractivity contribution >= 4 is 21.6 Å². The third kappa shape index (κ3) is 3.99. The second kappa shape index (κ2) is 7.23. The Bertz CT molecular complexity index is 866. The summed E-state index contributed by atoms with van der Waals surface area (Å²) in [5.74, 6) is -0.0935. The van der Waals surface area contributed by atoms with Crippen LogP contribution in [-0.4, -0.2) is 31.6 Å². The monoisotopic (exact) mass is 359 g/mol. The van der Waals surface area contributed by atoms with Crippen LogP contribution in [0, 0.1) is 6.92 Å². The van der Waals surface area contributed by atoms with Crippen LogP contribution < -0.4 is 9.62 Å². The molecule has 2 heterocycles. The number of carbonyl (C=O) groups excluding carboxylic acids is 1. The Labute approximate surface area is 147 Å². The van der Waals surface area contributed by atoms with E-state index in [1.165, 1.54) is 4.31 Å². The summed E-state index contributed by atoms with van der Waals surface area (Å²) in [6.07, 6.45) is 3.18. The summed E-state index contributed by atoms with van der Waals surface area (Å²) in [5, 5.41) is 2.82. The van der Waals surface area contributed by atoms with Crippen molar-refractivity contribution in [1.29, 1.82) is 0 Å². The van der Waals surface area contributed by atoms with Crippen LogP contribution in [0.25, 0.3) is 0 Å². The molecule has 0 radical (unpaired) electrons. The Morgan fingerprint density at radius 1 is 1.24 bits per heavy atom. The van der Waals surface area contributed by atoms with Gasteiger partial charge in [0.05, 0.1) is 23.7 Å². The van der Waals surface area contributed by atoms with Crippen LogP contribution in [0.4, 0.5) is 5.69 Å². The Balaban J connectivity index is 1.80. The second-order valence-electron chi connectivity index (χ2n) is 6.10. The maximum Gasteiger partial charge on any atom is 0.251 e. The molecule has 0 spiro atoms. The Morgan fingerprint density at radius 3 is 2.80 bits per heavy atom. The van der Waals surface area contributed by atoms with E-state index >= 15 is 0 Å². The zero-order chi connectivity index (χ0) is 17.9. The minimum absolute atomic E-state index is 0.155. The molecule has 3 rings (SSSR count). The first kappa shape index (κ1) is 17.4. The largest absolute Gasteiger partial charge is 0.346 e. The third-order valence-corrected chi connectivity index (χ3v) is 6.10. The van der Waals surface area contributed by atoms with Gasteiger partial charge in [-0.05, 0) is 49.6 Å². The molecule has 1 aromatic heterocycles. The highest BCUT2D eigenvalue weighted by Crippen LogP contribution is 2.28. The number of benzene rings is 1. The molecule has 2 aromatic rings. The fourth-order valence-corrected chi connectivity index (χ4v) is 4.55. The Hall–Kier alpha value is -2.41. The van der Waals surface area contributed by atoms with Crippen LogP contribution in [0.2, 0.25) is 0 Å². The number of amides is 1. The van der Waals surface area contributed by atoms with Crippen LogP contribution in [0.1, 0.15) is 34.5 Å². The quantitative estimate of drug-likeness (QED) is 0.908. The van der Waals surface area contributed by atoms with Crippen LogP contribution in [0.3, 0.4) is 0 Å². The van der Waals surface area contributed by atoms with Gasteiger partial charge in [0.15, 0.2) is 0 Å². The van der Waals surface area contributed by atoms with Crippen molar-refractivity contribution in [3.63, 3.8) is 0 Å². The molecule has 6 nitrogen and oxygen atoms in total. The molecule has 25 heavy (non-hydrogen) atoms. The van der Waals surface area contributed by atoms with Crippen LogP contribution in [0.15, 0.2) is 42.6 Å². The van der Waals surface area contributed by atoms with Crippen molar-refractivity contribution in [3.8, 4) is 0 Å². The molecule has 132 valence electrons. The smallest absolute Gasteiger partial charge is 0.251 e. The highest BCUT2D eigenvalue weighted by atomic mass is 32.2. The standard InChI is InChI=1S/C18H21N3O3S/c1-14-7-8-15(18(22)20-13-16-6-2-3-9-19-16)12-17(14)21-10-4-5-11-25(21,23)24/h2-3,6-9,12H,4-5,10-11,13H2,1H3,(H,20,22). The fourth-order valence-electron chi connectivity index (χ4n) is 2.85. The van der Waals surface area contributed by atoms with E-state index in [0.717, 1.165) is 17.7 Å². The number of sulfonamides is 1. The summed E-state index contributed by atoms with van der Waals surface area (Å²) >= 11 is 0. The molecule has 0 aliphatic carbocycles. The summed E-state index contributed by atoms with van der Waals surface area (Å²) in [4.78, 5) is 16.6. The van der Waals surface area contributed by atoms with E-state index in [1.807, 2.05) is 25.1 Å². The number of aromatic nitrogens is 1. The van der Waals surface area contributed by atoms with Crippen molar-refractivity contribution in [2.24, 2.45) is 0 Å². The predicted octanol–water partition coefficient (Wildman–Crippen LogP) is 2.25. The molecule has 0 bridgehead atoms. The molecular formula is C18H21N3O3S. The maximum atomic E-state index is 12.4. The summed E-state index contributed by atoms with van der Waals surface area (Å²) in [7, 11) is -3.31. The maximum absolute atomic E-state index is 12.4. The van der Waals surface area contributed by atoms with Crippen LogP contribution >= 0.6 is 0 Å². The molecule has 1 N–H and O–H groups in total. The van der Waals surface area contributed by atoms with Gasteiger partial charge < -0.3 is 5.32 Å². The number of hydrogen-bond donors (Lipinski definition) is 1. The van der Waals surface area contributed by atoms with Gasteiger partial charge in [0.1, 0.15) is 0 Å². The van der Waals surface area contributed by atoms with E-state index in [2.05, 4.69) is 10.3 Å². The zero-order valence-corrected chi connectivity index (χ0v) is 14.9. The average molecular weight is 359 g/mol. The second-order valence-corrected chi connectivity index (χ2v) is 8.11. The van der Waals surface area contributed by atoms with Gasteiger partial charge in [-0.2, -0.15) is 0 Å². The van der Waals surface area contributed by atoms with E-state index in [-0.39, 0.29) is 11.7 Å². The van der Waals surface area contributed by atoms with Crippen molar-refractivity contribution in [1.82, 2.24) is 10.3 Å². The minimum atomic E-state index is -3.31. The van der Waals surface area contributed by atoms with Gasteiger partial charge in [-0.25, -0.2) is 8.42 Å². The summed E-state index contributed by atoms with van der Waals surface area (Å²) in [5.41, 5.74) is 2.64. The molecular weight excluding hydrogens is 338 g/mol. The van der Waals surface area contributed by atoms with Crippen LogP contribution in [0.5, 0.6) is 0 Å². The first-order valence-electron chi connectivity index (χ1n) is 8.26. The lowest BCUT2D eigenvalue weighted by atomic mass is 10.1. The first-order chi connectivity index (χ1) is 12.0. The van der Waals surface area contributed by atoms with Gasteiger partial charge in [0.25, 0.3) is 5.91 Å². The van der Waals surface area contributed by atoms with Gasteiger partial charge in [-0.15, -0.1) is 0 Å². The van der Waals surface area contributed by atoms with Gasteiger partial charge in [-0.1, -0.05) is 12.1 Å². The van der Waals surface area contributed by atoms with Gasteiger partial charge >= 0.3 is 0 Å². The molecule has 1 aliphatic rings. The molecule has 1 aliphatic heterocycles. The number of nitrogens with zero attached hydrogens (tertiary/aromatic N) is 2. The third-order valence-electron chi connectivity index (χ3n) is 4.25. The fraction of sp³-hybridized carbons (Fsp3) is 0.333. The highest BCUT2D eigenvalue weighted by molar-refractivity contribution is 7.92. The highest BCUT2D eigenvalue weighted by Gasteiger charge is 2.27. The van der Waals surface area contributed by atoms with E-state index in [0.29, 0.717) is 30.8 Å². The summed E-state index contributed by atoms with van der Waals surface area (Å²) < 4.78 is 26.1. The number of anilines is 1. The van der Waals surface area contributed by atoms with E-state index in [9.17, 15) is 13.2 Å². The number of hydrogen-bond acceptors (Lipinski definition) is 4. The number of carbonyl (C=O) groups is 1. The number of aryl methyl sites for hydroxylation is 1. The molecule has 7 heteroatoms. The first-order valence-corrected chi connectivity index (χ1v) is 9.87. The molecule has 1 amide bonds. The lowest BCUT2D eigenvalue weighted by molar-refractivity contribution is 0.0950. The van der Waals surface area contributed by atoms with Crippen molar-refractivity contribution in [2.45, 2.75) is 26.3 Å². The van der Waals surface area contributed by atoms with E-state index < -0.39 is 10.0 Å². The number of rotatable bonds is 4. The minimum Gasteiger partial charge on any atom is -0.346 e. The number of nitrogens with one attached hydrogen (secondary N) is 1.